The Labute approximate surface area is 206 Å². The second kappa shape index (κ2) is 10.0. The number of benzene rings is 2. The van der Waals surface area contributed by atoms with Gasteiger partial charge < -0.3 is 19.8 Å². The minimum absolute atomic E-state index is 0.236. The molecule has 4 rings (SSSR count). The van der Waals surface area contributed by atoms with E-state index in [2.05, 4.69) is 20.9 Å². The lowest BCUT2D eigenvalue weighted by Gasteiger charge is -2.26. The third kappa shape index (κ3) is 5.46. The van der Waals surface area contributed by atoms with E-state index in [0.717, 1.165) is 35.7 Å². The maximum atomic E-state index is 11.3. The van der Waals surface area contributed by atoms with Gasteiger partial charge in [-0.25, -0.2) is 9.78 Å². The molecule has 7 nitrogen and oxygen atoms in total. The van der Waals surface area contributed by atoms with Crippen LogP contribution in [0.4, 0.5) is 0 Å². The number of rotatable bonds is 9. The fourth-order valence-electron chi connectivity index (χ4n) is 4.39. The molecule has 0 aliphatic carbocycles. The van der Waals surface area contributed by atoms with E-state index in [9.17, 15) is 15.0 Å². The molecular weight excluding hydrogens is 442 g/mol. The molecule has 7 heteroatoms. The maximum absolute atomic E-state index is 11.3. The van der Waals surface area contributed by atoms with E-state index in [1.807, 2.05) is 62.5 Å². The number of aliphatic hydroxyl groups is 1. The van der Waals surface area contributed by atoms with Crippen molar-refractivity contribution >= 4 is 22.7 Å². The van der Waals surface area contributed by atoms with Gasteiger partial charge in [-0.1, -0.05) is 36.4 Å². The first-order valence-corrected chi connectivity index (χ1v) is 12.0. The number of carboxylic acid groups (broad SMARTS) is 1. The molecule has 0 bridgehead atoms. The Morgan fingerprint density at radius 2 is 1.97 bits per heavy atom. The van der Waals surface area contributed by atoms with Gasteiger partial charge in [0, 0.05) is 18.5 Å². The molecule has 0 saturated carbocycles. The molecule has 1 aliphatic rings. The molecule has 2 unspecified atom stereocenters. The lowest BCUT2D eigenvalue weighted by Crippen LogP contribution is -2.38. The van der Waals surface area contributed by atoms with Crippen LogP contribution in [0.1, 0.15) is 49.6 Å². The Bertz CT molecular complexity index is 1250. The van der Waals surface area contributed by atoms with Crippen LogP contribution in [0.5, 0.6) is 5.75 Å². The molecule has 2 atom stereocenters. The molecule has 0 radical (unpaired) electrons. The molecule has 2 aromatic carbocycles. The van der Waals surface area contributed by atoms with Crippen molar-refractivity contribution < 1.29 is 19.7 Å². The first-order valence-electron chi connectivity index (χ1n) is 12.0. The van der Waals surface area contributed by atoms with Crippen LogP contribution in [-0.4, -0.2) is 57.1 Å². The van der Waals surface area contributed by atoms with Crippen LogP contribution >= 0.6 is 0 Å². The molecule has 0 amide bonds. The molecule has 0 saturated heterocycles. The summed E-state index contributed by atoms with van der Waals surface area (Å²) in [5, 5.41) is 21.3. The number of aliphatic carboxylic acids is 1. The number of carboxylic acids is 1. The normalized spacial score (nSPS) is 16.9. The van der Waals surface area contributed by atoms with Crippen molar-refractivity contribution in [3.8, 4) is 5.75 Å². The number of ether oxygens (including phenoxy) is 1. The highest BCUT2D eigenvalue weighted by Gasteiger charge is 2.31. The zero-order chi connectivity index (χ0) is 25.2. The number of fused-ring (bicyclic) bond motifs is 1. The van der Waals surface area contributed by atoms with Crippen molar-refractivity contribution in [2.75, 3.05) is 13.6 Å². The summed E-state index contributed by atoms with van der Waals surface area (Å²) in [6.07, 6.45) is 1.98. The van der Waals surface area contributed by atoms with Crippen molar-refractivity contribution in [3.63, 3.8) is 0 Å². The molecule has 3 aromatic rings. The van der Waals surface area contributed by atoms with Crippen LogP contribution in [0, 0.1) is 6.92 Å². The third-order valence-electron chi connectivity index (χ3n) is 6.64. The van der Waals surface area contributed by atoms with Crippen LogP contribution in [0.25, 0.3) is 10.9 Å². The van der Waals surface area contributed by atoms with Crippen LogP contribution < -0.4 is 4.74 Å². The Morgan fingerprint density at radius 1 is 1.20 bits per heavy atom. The number of aliphatic imine (C=N–C) groups is 1. The fraction of sp³-hybridized carbons (Fsp3) is 0.393. The zero-order valence-electron chi connectivity index (χ0n) is 20.7. The van der Waals surface area contributed by atoms with Gasteiger partial charge in [0.15, 0.2) is 11.7 Å². The fourth-order valence-corrected chi connectivity index (χ4v) is 4.39. The summed E-state index contributed by atoms with van der Waals surface area (Å²) < 4.78 is 5.69. The average Bonchev–Trinajstić information content (AvgIpc) is 3.20. The smallest absolute Gasteiger partial charge is 0.347 e. The SMILES string of the molecule is Cc1cc(CCCC2CN=C(C(O)c3ccc4ccccc4n3)N2C)ccc1OC(C)(C)C(=O)O. The molecule has 35 heavy (non-hydrogen) atoms. The van der Waals surface area contributed by atoms with E-state index in [0.29, 0.717) is 23.8 Å². The van der Waals surface area contributed by atoms with E-state index in [4.69, 9.17) is 4.74 Å². The largest absolute Gasteiger partial charge is 0.478 e. The molecule has 0 fully saturated rings. The number of aliphatic hydroxyl groups excluding tert-OH is 1. The highest BCUT2D eigenvalue weighted by atomic mass is 16.5. The predicted molar refractivity (Wildman–Crippen MR) is 137 cm³/mol. The standard InChI is InChI=1S/C28H33N3O4/c1-18-16-19(12-15-24(18)35-28(2,3)27(33)34)8-7-10-21-17-29-26(31(21)4)25(32)23-14-13-20-9-5-6-11-22(20)30-23/h5-6,9,11-16,21,25,32H,7-8,10,17H2,1-4H3,(H,33,34). The first-order chi connectivity index (χ1) is 16.7. The number of para-hydroxylation sites is 1. The summed E-state index contributed by atoms with van der Waals surface area (Å²) in [4.78, 5) is 22.7. The van der Waals surface area contributed by atoms with E-state index in [-0.39, 0.29) is 6.04 Å². The number of aromatic nitrogens is 1. The van der Waals surface area contributed by atoms with E-state index in [1.54, 1.807) is 13.8 Å². The summed E-state index contributed by atoms with van der Waals surface area (Å²) in [5.41, 5.74) is 2.31. The Balaban J connectivity index is 1.32. The maximum Gasteiger partial charge on any atom is 0.347 e. The summed E-state index contributed by atoms with van der Waals surface area (Å²) in [7, 11) is 1.99. The monoisotopic (exact) mass is 475 g/mol. The number of nitrogens with zero attached hydrogens (tertiary/aromatic N) is 3. The zero-order valence-corrected chi connectivity index (χ0v) is 20.7. The Hall–Kier alpha value is -3.45. The molecule has 184 valence electrons. The number of amidine groups is 1. The summed E-state index contributed by atoms with van der Waals surface area (Å²) in [6, 6.07) is 17.9. The van der Waals surface area contributed by atoms with Gasteiger partial charge >= 0.3 is 5.97 Å². The van der Waals surface area contributed by atoms with Gasteiger partial charge in [-0.15, -0.1) is 0 Å². The van der Waals surface area contributed by atoms with Gasteiger partial charge in [0.1, 0.15) is 11.6 Å². The topological polar surface area (TPSA) is 95.3 Å². The second-order valence-corrected chi connectivity index (χ2v) is 9.70. The lowest BCUT2D eigenvalue weighted by atomic mass is 10.0. The van der Waals surface area contributed by atoms with Crippen molar-refractivity contribution in [3.05, 3.63) is 71.4 Å². The quantitative estimate of drug-likeness (QED) is 0.471. The van der Waals surface area contributed by atoms with E-state index in [1.165, 1.54) is 5.56 Å². The summed E-state index contributed by atoms with van der Waals surface area (Å²) in [5.74, 6) is 0.256. The molecule has 0 spiro atoms. The molecular formula is C28H33N3O4. The van der Waals surface area contributed by atoms with E-state index >= 15 is 0 Å². The van der Waals surface area contributed by atoms with Crippen LogP contribution in [0.3, 0.4) is 0 Å². The molecule has 1 aromatic heterocycles. The van der Waals surface area contributed by atoms with Gasteiger partial charge in [-0.2, -0.15) is 0 Å². The average molecular weight is 476 g/mol. The third-order valence-corrected chi connectivity index (χ3v) is 6.64. The van der Waals surface area contributed by atoms with Gasteiger partial charge in [-0.05, 0) is 69.4 Å². The Kier molecular flexibility index (Phi) is 7.08. The lowest BCUT2D eigenvalue weighted by molar-refractivity contribution is -0.152. The number of hydrogen-bond acceptors (Lipinski definition) is 6. The van der Waals surface area contributed by atoms with Crippen molar-refractivity contribution in [1.29, 1.82) is 0 Å². The number of likely N-dealkylation sites (N-methyl/N-ethyl adjacent to an activating group) is 1. The molecule has 2 heterocycles. The van der Waals surface area contributed by atoms with E-state index < -0.39 is 17.7 Å². The van der Waals surface area contributed by atoms with Crippen LogP contribution in [0.2, 0.25) is 0 Å². The van der Waals surface area contributed by atoms with Gasteiger partial charge in [0.05, 0.1) is 17.8 Å². The number of pyridine rings is 1. The highest BCUT2D eigenvalue weighted by molar-refractivity contribution is 5.89. The predicted octanol–water partition coefficient (Wildman–Crippen LogP) is 4.55. The number of aryl methyl sites for hydroxylation is 2. The number of carbonyl (C=O) groups is 1. The highest BCUT2D eigenvalue weighted by Crippen LogP contribution is 2.27. The minimum atomic E-state index is -1.27. The van der Waals surface area contributed by atoms with Crippen molar-refractivity contribution in [2.45, 2.75) is 57.8 Å². The second-order valence-electron chi connectivity index (χ2n) is 9.70. The Morgan fingerprint density at radius 3 is 2.71 bits per heavy atom. The van der Waals surface area contributed by atoms with Gasteiger partial charge in [0.25, 0.3) is 0 Å². The van der Waals surface area contributed by atoms with Crippen molar-refractivity contribution in [1.82, 2.24) is 9.88 Å². The van der Waals surface area contributed by atoms with Gasteiger partial charge in [0.2, 0.25) is 0 Å². The van der Waals surface area contributed by atoms with Gasteiger partial charge in [-0.3, -0.25) is 4.99 Å². The molecule has 1 aliphatic heterocycles. The number of hydrogen-bond donors (Lipinski definition) is 2. The minimum Gasteiger partial charge on any atom is -0.478 e. The van der Waals surface area contributed by atoms with Crippen LogP contribution in [0.15, 0.2) is 59.6 Å². The summed E-state index contributed by atoms with van der Waals surface area (Å²) >= 11 is 0. The summed E-state index contributed by atoms with van der Waals surface area (Å²) in [6.45, 7) is 5.69. The molecule has 2 N–H and O–H groups in total. The van der Waals surface area contributed by atoms with Crippen molar-refractivity contribution in [2.24, 2.45) is 4.99 Å². The first kappa shape index (κ1) is 24.7. The van der Waals surface area contributed by atoms with Crippen LogP contribution in [-0.2, 0) is 11.2 Å².